The van der Waals surface area contributed by atoms with Crippen LogP contribution >= 0.6 is 0 Å². The van der Waals surface area contributed by atoms with Gasteiger partial charge in [0.2, 0.25) is 0 Å². The number of methoxy groups -OCH3 is 1. The number of nitrogens with zero attached hydrogens (tertiary/aromatic N) is 1. The van der Waals surface area contributed by atoms with E-state index in [9.17, 15) is 0 Å². The molecule has 1 aromatic carbocycles. The predicted molar refractivity (Wildman–Crippen MR) is 81.6 cm³/mol. The van der Waals surface area contributed by atoms with E-state index in [-0.39, 0.29) is 6.04 Å². The molecule has 2 rings (SSSR count). The summed E-state index contributed by atoms with van der Waals surface area (Å²) in [4.78, 5) is 2.46. The third kappa shape index (κ3) is 3.64. The van der Waals surface area contributed by atoms with Crippen molar-refractivity contribution in [2.45, 2.75) is 25.8 Å². The van der Waals surface area contributed by atoms with Crippen molar-refractivity contribution in [1.29, 1.82) is 0 Å². The molecule has 0 spiro atoms. The Morgan fingerprint density at radius 2 is 1.95 bits per heavy atom. The van der Waals surface area contributed by atoms with Crippen molar-refractivity contribution in [2.24, 2.45) is 0 Å². The summed E-state index contributed by atoms with van der Waals surface area (Å²) < 4.78 is 11.5. The molecule has 0 radical (unpaired) electrons. The number of benzene rings is 1. The van der Waals surface area contributed by atoms with Crippen LogP contribution in [0.3, 0.4) is 0 Å². The van der Waals surface area contributed by atoms with Crippen LogP contribution in [0.5, 0.6) is 11.5 Å². The Morgan fingerprint density at radius 3 is 2.60 bits per heavy atom. The SMILES string of the molecule is CNC(C)c1c(OC)cccc1OCCN1CCCC1. The van der Waals surface area contributed by atoms with E-state index in [1.165, 1.54) is 25.9 Å². The minimum absolute atomic E-state index is 0.202. The molecule has 20 heavy (non-hydrogen) atoms. The lowest BCUT2D eigenvalue weighted by atomic mass is 10.1. The van der Waals surface area contributed by atoms with E-state index in [1.54, 1.807) is 7.11 Å². The van der Waals surface area contributed by atoms with E-state index in [1.807, 2.05) is 25.2 Å². The van der Waals surface area contributed by atoms with E-state index in [2.05, 4.69) is 17.1 Å². The second-order valence-corrected chi connectivity index (χ2v) is 5.28. The molecule has 1 aliphatic heterocycles. The highest BCUT2D eigenvalue weighted by Crippen LogP contribution is 2.33. The van der Waals surface area contributed by atoms with Crippen LogP contribution in [0.15, 0.2) is 18.2 Å². The lowest BCUT2D eigenvalue weighted by molar-refractivity contribution is 0.234. The monoisotopic (exact) mass is 278 g/mol. The fraction of sp³-hybridized carbons (Fsp3) is 0.625. The van der Waals surface area contributed by atoms with Gasteiger partial charge in [-0.05, 0) is 52.0 Å². The molecule has 4 nitrogen and oxygen atoms in total. The molecule has 0 saturated carbocycles. The molecule has 0 aliphatic carbocycles. The highest BCUT2D eigenvalue weighted by atomic mass is 16.5. The van der Waals surface area contributed by atoms with Crippen LogP contribution in [-0.2, 0) is 0 Å². The highest BCUT2D eigenvalue weighted by molar-refractivity contribution is 5.46. The minimum Gasteiger partial charge on any atom is -0.496 e. The smallest absolute Gasteiger partial charge is 0.127 e. The Kier molecular flexibility index (Phi) is 5.68. The largest absolute Gasteiger partial charge is 0.496 e. The molecular formula is C16H26N2O2. The van der Waals surface area contributed by atoms with Gasteiger partial charge in [-0.3, -0.25) is 4.90 Å². The van der Waals surface area contributed by atoms with Crippen LogP contribution in [0, 0.1) is 0 Å². The zero-order chi connectivity index (χ0) is 14.4. The Balaban J connectivity index is 2.01. The van der Waals surface area contributed by atoms with Gasteiger partial charge in [0.25, 0.3) is 0 Å². The summed E-state index contributed by atoms with van der Waals surface area (Å²) in [5, 5.41) is 3.26. The van der Waals surface area contributed by atoms with Gasteiger partial charge in [-0.2, -0.15) is 0 Å². The standard InChI is InChI=1S/C16H26N2O2/c1-13(17-2)16-14(19-3)7-6-8-15(16)20-12-11-18-9-4-5-10-18/h6-8,13,17H,4-5,9-12H2,1-3H3. The van der Waals surface area contributed by atoms with Crippen molar-refractivity contribution in [1.82, 2.24) is 10.2 Å². The average molecular weight is 278 g/mol. The summed E-state index contributed by atoms with van der Waals surface area (Å²) in [5.74, 6) is 1.80. The topological polar surface area (TPSA) is 33.7 Å². The molecule has 1 N–H and O–H groups in total. The molecule has 0 aromatic heterocycles. The number of rotatable bonds is 7. The van der Waals surface area contributed by atoms with Gasteiger partial charge in [0.1, 0.15) is 18.1 Å². The first-order valence-corrected chi connectivity index (χ1v) is 7.45. The third-order valence-electron chi connectivity index (χ3n) is 3.98. The summed E-state index contributed by atoms with van der Waals surface area (Å²) >= 11 is 0. The van der Waals surface area contributed by atoms with Crippen LogP contribution in [0.1, 0.15) is 31.4 Å². The maximum absolute atomic E-state index is 6.00. The number of likely N-dealkylation sites (tertiary alicyclic amines) is 1. The minimum atomic E-state index is 0.202. The molecule has 0 bridgehead atoms. The van der Waals surface area contributed by atoms with Gasteiger partial charge >= 0.3 is 0 Å². The van der Waals surface area contributed by atoms with Crippen LogP contribution in [-0.4, -0.2) is 45.3 Å². The van der Waals surface area contributed by atoms with Crippen molar-refractivity contribution in [3.05, 3.63) is 23.8 Å². The molecule has 1 unspecified atom stereocenters. The highest BCUT2D eigenvalue weighted by Gasteiger charge is 2.16. The first kappa shape index (κ1) is 15.1. The second-order valence-electron chi connectivity index (χ2n) is 5.28. The molecule has 0 amide bonds. The van der Waals surface area contributed by atoms with Gasteiger partial charge in [-0.1, -0.05) is 6.07 Å². The normalized spacial score (nSPS) is 17.1. The summed E-state index contributed by atoms with van der Waals surface area (Å²) in [6.07, 6.45) is 2.64. The van der Waals surface area contributed by atoms with Gasteiger partial charge in [0.15, 0.2) is 0 Å². The second kappa shape index (κ2) is 7.50. The van der Waals surface area contributed by atoms with E-state index in [4.69, 9.17) is 9.47 Å². The molecule has 1 aromatic rings. The van der Waals surface area contributed by atoms with Gasteiger partial charge in [0, 0.05) is 12.6 Å². The number of ether oxygens (including phenoxy) is 2. The van der Waals surface area contributed by atoms with Gasteiger partial charge in [0.05, 0.1) is 12.7 Å². The number of hydrogen-bond acceptors (Lipinski definition) is 4. The van der Waals surface area contributed by atoms with Gasteiger partial charge in [-0.25, -0.2) is 0 Å². The van der Waals surface area contributed by atoms with E-state index >= 15 is 0 Å². The van der Waals surface area contributed by atoms with Gasteiger partial charge < -0.3 is 14.8 Å². The fourth-order valence-corrected chi connectivity index (χ4v) is 2.69. The van der Waals surface area contributed by atoms with Crippen molar-refractivity contribution in [3.8, 4) is 11.5 Å². The molecule has 1 heterocycles. The molecule has 1 fully saturated rings. The molecule has 112 valence electrons. The van der Waals surface area contributed by atoms with Crippen molar-refractivity contribution < 1.29 is 9.47 Å². The first-order chi connectivity index (χ1) is 9.76. The maximum atomic E-state index is 6.00. The molecule has 1 aliphatic rings. The third-order valence-corrected chi connectivity index (χ3v) is 3.98. The fourth-order valence-electron chi connectivity index (χ4n) is 2.69. The molecule has 1 atom stereocenters. The van der Waals surface area contributed by atoms with Crippen LogP contribution < -0.4 is 14.8 Å². The Bertz CT molecular complexity index is 417. The van der Waals surface area contributed by atoms with Crippen LogP contribution in [0.4, 0.5) is 0 Å². The summed E-state index contributed by atoms with van der Waals surface area (Å²) in [6.45, 7) is 6.27. The first-order valence-electron chi connectivity index (χ1n) is 7.45. The van der Waals surface area contributed by atoms with E-state index in [0.29, 0.717) is 0 Å². The van der Waals surface area contributed by atoms with Gasteiger partial charge in [-0.15, -0.1) is 0 Å². The zero-order valence-electron chi connectivity index (χ0n) is 12.8. The Morgan fingerprint density at radius 1 is 1.25 bits per heavy atom. The quantitative estimate of drug-likeness (QED) is 0.830. The zero-order valence-corrected chi connectivity index (χ0v) is 12.8. The maximum Gasteiger partial charge on any atom is 0.127 e. The van der Waals surface area contributed by atoms with Crippen LogP contribution in [0.25, 0.3) is 0 Å². The summed E-state index contributed by atoms with van der Waals surface area (Å²) in [7, 11) is 3.65. The predicted octanol–water partition coefficient (Wildman–Crippen LogP) is 2.45. The molecular weight excluding hydrogens is 252 g/mol. The van der Waals surface area contributed by atoms with E-state index in [0.717, 1.165) is 30.2 Å². The van der Waals surface area contributed by atoms with Crippen LogP contribution in [0.2, 0.25) is 0 Å². The molecule has 4 heteroatoms. The number of hydrogen-bond donors (Lipinski definition) is 1. The molecule has 1 saturated heterocycles. The Labute approximate surface area is 122 Å². The number of nitrogens with one attached hydrogen (secondary N) is 1. The summed E-state index contributed by atoms with van der Waals surface area (Å²) in [5.41, 5.74) is 1.10. The van der Waals surface area contributed by atoms with E-state index < -0.39 is 0 Å². The lowest BCUT2D eigenvalue weighted by Crippen LogP contribution is -2.25. The van der Waals surface area contributed by atoms with Crippen molar-refractivity contribution in [2.75, 3.05) is 40.4 Å². The van der Waals surface area contributed by atoms with Crippen molar-refractivity contribution >= 4 is 0 Å². The Hall–Kier alpha value is -1.26. The lowest BCUT2D eigenvalue weighted by Gasteiger charge is -2.21. The summed E-state index contributed by atoms with van der Waals surface area (Å²) in [6, 6.07) is 6.19. The van der Waals surface area contributed by atoms with Crippen molar-refractivity contribution in [3.63, 3.8) is 0 Å². The average Bonchev–Trinajstić information content (AvgIpc) is 2.99.